The van der Waals surface area contributed by atoms with Crippen molar-refractivity contribution < 1.29 is 38.3 Å². The van der Waals surface area contributed by atoms with Crippen LogP contribution in [0.4, 0.5) is 4.79 Å². The summed E-state index contributed by atoms with van der Waals surface area (Å²) in [6.07, 6.45) is 1.36. The molecule has 10 nitrogen and oxygen atoms in total. The Balaban J connectivity index is 1.16. The summed E-state index contributed by atoms with van der Waals surface area (Å²) in [6.45, 7) is 7.77. The molecule has 7 aromatic rings. The van der Waals surface area contributed by atoms with Crippen LogP contribution in [0.2, 0.25) is 0 Å². The topological polar surface area (TPSA) is 117 Å². The average Bonchev–Trinajstić information content (AvgIpc) is 3.42. The molecule has 73 heavy (non-hydrogen) atoms. The van der Waals surface area contributed by atoms with Gasteiger partial charge in [-0.15, -0.1) is 0 Å². The van der Waals surface area contributed by atoms with Crippen LogP contribution in [0, 0.1) is 6.92 Å². The van der Waals surface area contributed by atoms with Crippen molar-refractivity contribution in [1.29, 1.82) is 0 Å². The molecule has 10 heteroatoms. The van der Waals surface area contributed by atoms with Crippen LogP contribution in [0.5, 0.6) is 5.75 Å². The maximum Gasteiger partial charge on any atom is 0.315 e. The fourth-order valence-corrected chi connectivity index (χ4v) is 8.76. The highest BCUT2D eigenvalue weighted by molar-refractivity contribution is 5.75. The molecule has 378 valence electrons. The Morgan fingerprint density at radius 3 is 1.63 bits per heavy atom. The lowest BCUT2D eigenvalue weighted by atomic mass is 9.87. The third-order valence-corrected chi connectivity index (χ3v) is 12.8. The van der Waals surface area contributed by atoms with Gasteiger partial charge in [-0.2, -0.15) is 0 Å². The number of hydrogen-bond donors (Lipinski definition) is 3. The molecule has 0 saturated carbocycles. The second-order valence-corrected chi connectivity index (χ2v) is 19.2. The minimum absolute atomic E-state index is 0.158. The number of urea groups is 1. The molecular formula is C63H68N2O8. The van der Waals surface area contributed by atoms with E-state index in [2.05, 4.69) is 115 Å². The molecule has 0 unspecified atom stereocenters. The smallest absolute Gasteiger partial charge is 0.315 e. The Bertz CT molecular complexity index is 2760. The van der Waals surface area contributed by atoms with Gasteiger partial charge in [0.05, 0.1) is 45.2 Å². The zero-order chi connectivity index (χ0) is 50.7. The van der Waals surface area contributed by atoms with E-state index in [0.29, 0.717) is 51.7 Å². The second kappa shape index (κ2) is 26.7. The number of nitrogens with one attached hydrogen (secondary N) is 2. The summed E-state index contributed by atoms with van der Waals surface area (Å²) in [5.41, 5.74) is 9.62. The van der Waals surface area contributed by atoms with E-state index in [9.17, 15) is 9.90 Å². The lowest BCUT2D eigenvalue weighted by Crippen LogP contribution is -2.58. The van der Waals surface area contributed by atoms with Gasteiger partial charge in [0.2, 0.25) is 0 Å². The van der Waals surface area contributed by atoms with Crippen molar-refractivity contribution in [3.63, 3.8) is 0 Å². The van der Waals surface area contributed by atoms with Gasteiger partial charge in [-0.1, -0.05) is 188 Å². The van der Waals surface area contributed by atoms with Gasteiger partial charge in [0, 0.05) is 12.1 Å². The molecule has 1 aliphatic heterocycles. The van der Waals surface area contributed by atoms with Gasteiger partial charge in [0.15, 0.2) is 0 Å². The summed E-state index contributed by atoms with van der Waals surface area (Å²) >= 11 is 0. The van der Waals surface area contributed by atoms with Gasteiger partial charge >= 0.3 is 6.03 Å². The lowest BCUT2D eigenvalue weighted by molar-refractivity contribution is -0.275. The Kier molecular flexibility index (Phi) is 19.2. The van der Waals surface area contributed by atoms with Crippen LogP contribution in [0.15, 0.2) is 194 Å². The summed E-state index contributed by atoms with van der Waals surface area (Å²) in [5, 5.41) is 15.1. The summed E-state index contributed by atoms with van der Waals surface area (Å²) in [4.78, 5) is 12.3. The maximum atomic E-state index is 12.3. The first-order valence-corrected chi connectivity index (χ1v) is 25.2. The first kappa shape index (κ1) is 52.4. The van der Waals surface area contributed by atoms with Gasteiger partial charge in [-0.25, -0.2) is 4.79 Å². The number of rotatable bonds is 24. The minimum atomic E-state index is -0.709. The van der Waals surface area contributed by atoms with E-state index in [0.717, 1.165) is 55.6 Å². The Hall–Kier alpha value is -6.89. The third kappa shape index (κ3) is 15.8. The van der Waals surface area contributed by atoms with E-state index < -0.39 is 36.1 Å². The molecule has 3 N–H and O–H groups in total. The molecule has 1 fully saturated rings. The van der Waals surface area contributed by atoms with Crippen molar-refractivity contribution >= 4 is 12.1 Å². The standard InChI is InChI=1S/C63H68N2O8/c1-46-36-56(69-40-50-22-11-5-12-23-50)55(38-54(46)37-48-33-31-47(32-34-48)30-19-35-64-62(67)65-63(2,3)45-66)58-60(71-42-52-26-15-7-16-27-52)61(72-43-53-28-17-8-18-29-53)59(70-41-51-24-13-6-14-25-51)57(73-58)44-68-39-49-20-9-4-10-21-49/h4-34,36,38,57-61,66H,35,37,39-45H2,1-3H3,(H2,64,65,67)/b30-19+/t57-,58+,59-,60+,61+/m1/s1. The monoisotopic (exact) mass is 980 g/mol. The number of benzene rings is 7. The van der Waals surface area contributed by atoms with E-state index >= 15 is 0 Å². The molecular weight excluding hydrogens is 913 g/mol. The maximum absolute atomic E-state index is 12.3. The number of amides is 2. The number of aliphatic hydroxyl groups excluding tert-OH is 1. The van der Waals surface area contributed by atoms with Gasteiger partial charge in [-0.3, -0.25) is 0 Å². The van der Waals surface area contributed by atoms with Crippen LogP contribution < -0.4 is 15.4 Å². The first-order valence-electron chi connectivity index (χ1n) is 25.2. The number of aryl methyl sites for hydroxylation is 1. The molecule has 0 aromatic heterocycles. The Morgan fingerprint density at radius 1 is 0.603 bits per heavy atom. The number of ether oxygens (including phenoxy) is 6. The largest absolute Gasteiger partial charge is 0.489 e. The van der Waals surface area contributed by atoms with Gasteiger partial charge in [-0.05, 0) is 89.4 Å². The van der Waals surface area contributed by atoms with Crippen molar-refractivity contribution in [2.45, 2.75) is 96.3 Å². The molecule has 0 bridgehead atoms. The molecule has 1 aliphatic rings. The van der Waals surface area contributed by atoms with E-state index in [-0.39, 0.29) is 19.2 Å². The second-order valence-electron chi connectivity index (χ2n) is 19.2. The quantitative estimate of drug-likeness (QED) is 0.0548. The highest BCUT2D eigenvalue weighted by atomic mass is 16.6. The molecule has 2 amide bonds. The van der Waals surface area contributed by atoms with Crippen LogP contribution in [-0.2, 0) is 63.1 Å². The molecule has 7 aromatic carbocycles. The van der Waals surface area contributed by atoms with Crippen LogP contribution >= 0.6 is 0 Å². The van der Waals surface area contributed by atoms with Gasteiger partial charge in [0.25, 0.3) is 0 Å². The fraction of sp³-hybridized carbons (Fsp3) is 0.286. The summed E-state index contributed by atoms with van der Waals surface area (Å²) < 4.78 is 42.2. The number of carbonyl (C=O) groups excluding carboxylic acids is 1. The Morgan fingerprint density at radius 2 is 1.10 bits per heavy atom. The number of hydrogen-bond acceptors (Lipinski definition) is 8. The van der Waals surface area contributed by atoms with Crippen LogP contribution in [0.3, 0.4) is 0 Å². The van der Waals surface area contributed by atoms with E-state index in [4.69, 9.17) is 28.4 Å². The van der Waals surface area contributed by atoms with E-state index in [1.54, 1.807) is 13.8 Å². The molecule has 1 heterocycles. The first-order chi connectivity index (χ1) is 35.7. The lowest BCUT2D eigenvalue weighted by Gasteiger charge is -2.46. The van der Waals surface area contributed by atoms with Crippen molar-refractivity contribution in [2.75, 3.05) is 19.8 Å². The van der Waals surface area contributed by atoms with Crippen LogP contribution in [-0.4, -0.2) is 60.9 Å². The predicted molar refractivity (Wildman–Crippen MR) is 287 cm³/mol. The highest BCUT2D eigenvalue weighted by Crippen LogP contribution is 2.43. The molecule has 0 aliphatic carbocycles. The molecule has 0 spiro atoms. The molecule has 8 rings (SSSR count). The average molecular weight is 981 g/mol. The van der Waals surface area contributed by atoms with Crippen molar-refractivity contribution in [2.24, 2.45) is 0 Å². The zero-order valence-corrected chi connectivity index (χ0v) is 42.1. The molecule has 0 radical (unpaired) electrons. The SMILES string of the molecule is Cc1cc(OCc2ccccc2)c([C@@H]2O[C@H](COCc3ccccc3)[C@@H](OCc3ccccc3)[C@H](OCc3ccccc3)[C@H]2OCc2ccccc2)cc1Cc1ccc(/C=C/CNC(=O)NC(C)(C)CO)cc1. The minimum Gasteiger partial charge on any atom is -0.489 e. The number of aliphatic hydroxyl groups is 1. The van der Waals surface area contributed by atoms with Gasteiger partial charge in [0.1, 0.15) is 42.9 Å². The predicted octanol–water partition coefficient (Wildman–Crippen LogP) is 11.7. The molecule has 5 atom stereocenters. The summed E-state index contributed by atoms with van der Waals surface area (Å²) in [5.74, 6) is 0.695. The number of carbonyl (C=O) groups is 1. The zero-order valence-electron chi connectivity index (χ0n) is 42.1. The van der Waals surface area contributed by atoms with Crippen molar-refractivity contribution in [3.05, 3.63) is 250 Å². The molecule has 1 saturated heterocycles. The van der Waals surface area contributed by atoms with Crippen LogP contribution in [0.25, 0.3) is 6.08 Å². The van der Waals surface area contributed by atoms with Crippen LogP contribution in [0.1, 0.15) is 75.6 Å². The highest BCUT2D eigenvalue weighted by Gasteiger charge is 2.50. The summed E-state index contributed by atoms with van der Waals surface area (Å²) in [7, 11) is 0. The van der Waals surface area contributed by atoms with Crippen molar-refractivity contribution in [1.82, 2.24) is 10.6 Å². The fourth-order valence-electron chi connectivity index (χ4n) is 8.76. The van der Waals surface area contributed by atoms with E-state index in [1.807, 2.05) is 103 Å². The van der Waals surface area contributed by atoms with E-state index in [1.165, 1.54) is 0 Å². The summed E-state index contributed by atoms with van der Waals surface area (Å²) in [6, 6.07) is 63.3. The Labute approximate surface area is 430 Å². The third-order valence-electron chi connectivity index (χ3n) is 12.8. The normalized spacial score (nSPS) is 17.8. The van der Waals surface area contributed by atoms with Crippen molar-refractivity contribution in [3.8, 4) is 5.75 Å². The van der Waals surface area contributed by atoms with Gasteiger partial charge < -0.3 is 44.2 Å².